The molecule has 1 aromatic carbocycles. The largest absolute Gasteiger partial charge is 0.491 e. The van der Waals surface area contributed by atoms with Crippen LogP contribution in [0.5, 0.6) is 5.75 Å². The number of carboxylic acids is 1. The molecule has 1 aliphatic rings. The monoisotopic (exact) mass is 321 g/mol. The molecule has 0 aromatic heterocycles. The first-order valence-corrected chi connectivity index (χ1v) is 7.85. The summed E-state index contributed by atoms with van der Waals surface area (Å²) < 4.78 is 11.1. The lowest BCUT2D eigenvalue weighted by Crippen LogP contribution is -2.44. The fourth-order valence-corrected chi connectivity index (χ4v) is 2.41. The van der Waals surface area contributed by atoms with Gasteiger partial charge >= 0.3 is 5.97 Å². The van der Waals surface area contributed by atoms with Crippen molar-refractivity contribution < 1.29 is 24.2 Å². The van der Waals surface area contributed by atoms with E-state index in [4.69, 9.17) is 14.6 Å². The molecule has 1 aromatic rings. The van der Waals surface area contributed by atoms with Crippen LogP contribution in [0.15, 0.2) is 24.3 Å². The van der Waals surface area contributed by atoms with Gasteiger partial charge in [-0.05, 0) is 43.0 Å². The van der Waals surface area contributed by atoms with Gasteiger partial charge in [0.15, 0.2) is 0 Å². The number of ether oxygens (including phenoxy) is 2. The second-order valence-corrected chi connectivity index (χ2v) is 6.00. The van der Waals surface area contributed by atoms with Crippen molar-refractivity contribution in [2.45, 2.75) is 38.8 Å². The summed E-state index contributed by atoms with van der Waals surface area (Å²) in [6, 6.07) is 5.75. The molecule has 2 rings (SSSR count). The van der Waals surface area contributed by atoms with Gasteiger partial charge in [0.2, 0.25) is 0 Å². The summed E-state index contributed by atoms with van der Waals surface area (Å²) in [6.07, 6.45) is 2.21. The van der Waals surface area contributed by atoms with Crippen LogP contribution in [-0.2, 0) is 9.53 Å². The van der Waals surface area contributed by atoms with E-state index in [-0.39, 0.29) is 12.0 Å². The molecule has 0 saturated carbocycles. The molecule has 1 saturated heterocycles. The van der Waals surface area contributed by atoms with Gasteiger partial charge in [0.05, 0.1) is 6.10 Å². The summed E-state index contributed by atoms with van der Waals surface area (Å²) in [4.78, 5) is 23.2. The molecule has 6 nitrogen and oxygen atoms in total. The Morgan fingerprint density at radius 2 is 2.04 bits per heavy atom. The van der Waals surface area contributed by atoms with Crippen LogP contribution in [-0.4, -0.2) is 42.3 Å². The van der Waals surface area contributed by atoms with Crippen LogP contribution in [0.25, 0.3) is 0 Å². The predicted molar refractivity (Wildman–Crippen MR) is 84.6 cm³/mol. The topological polar surface area (TPSA) is 84.9 Å². The van der Waals surface area contributed by atoms with E-state index in [1.807, 2.05) is 0 Å². The zero-order chi connectivity index (χ0) is 16.8. The Labute approximate surface area is 135 Å². The van der Waals surface area contributed by atoms with E-state index in [0.717, 1.165) is 19.4 Å². The van der Waals surface area contributed by atoms with E-state index in [0.29, 0.717) is 17.9 Å². The lowest BCUT2D eigenvalue weighted by molar-refractivity contribution is -0.140. The highest BCUT2D eigenvalue weighted by molar-refractivity contribution is 5.96. The molecule has 1 unspecified atom stereocenters. The highest BCUT2D eigenvalue weighted by Crippen LogP contribution is 2.17. The third-order valence-corrected chi connectivity index (χ3v) is 3.80. The Kier molecular flexibility index (Phi) is 5.98. The number of carboxylic acid groups (broad SMARTS) is 1. The number of hydrogen-bond acceptors (Lipinski definition) is 4. The molecular weight excluding hydrogens is 298 g/mol. The van der Waals surface area contributed by atoms with Crippen molar-refractivity contribution in [3.8, 4) is 5.75 Å². The maximum absolute atomic E-state index is 12.1. The minimum Gasteiger partial charge on any atom is -0.491 e. The van der Waals surface area contributed by atoms with Gasteiger partial charge in [0.1, 0.15) is 18.4 Å². The molecule has 0 radical (unpaired) electrons. The molecule has 0 aliphatic carbocycles. The molecule has 6 heteroatoms. The van der Waals surface area contributed by atoms with Crippen molar-refractivity contribution in [2.75, 3.05) is 13.2 Å². The molecule has 2 N–H and O–H groups in total. The summed E-state index contributed by atoms with van der Waals surface area (Å²) in [6.45, 7) is 4.79. The van der Waals surface area contributed by atoms with Crippen molar-refractivity contribution in [3.05, 3.63) is 29.8 Å². The standard InChI is InChI=1S/C17H23NO5/c1-11(2)15(17(20)21)18-16(19)12-5-7-13(8-6-12)23-10-14-4-3-9-22-14/h5-8,11,14-15H,3-4,9-10H2,1-2H3,(H,18,19)(H,20,21)/t14?,15-/m0/s1. The van der Waals surface area contributed by atoms with Crippen LogP contribution in [0, 0.1) is 5.92 Å². The summed E-state index contributed by atoms with van der Waals surface area (Å²) in [5.74, 6) is -0.970. The number of benzene rings is 1. The highest BCUT2D eigenvalue weighted by Gasteiger charge is 2.24. The molecule has 23 heavy (non-hydrogen) atoms. The molecule has 0 bridgehead atoms. The fourth-order valence-electron chi connectivity index (χ4n) is 2.41. The summed E-state index contributed by atoms with van der Waals surface area (Å²) in [7, 11) is 0. The summed E-state index contributed by atoms with van der Waals surface area (Å²) in [5, 5.41) is 11.6. The molecule has 126 valence electrons. The lowest BCUT2D eigenvalue weighted by atomic mass is 10.0. The Morgan fingerprint density at radius 1 is 1.35 bits per heavy atom. The van der Waals surface area contributed by atoms with Crippen molar-refractivity contribution in [1.82, 2.24) is 5.32 Å². The second kappa shape index (κ2) is 7.97. The van der Waals surface area contributed by atoms with Gasteiger partial charge in [0, 0.05) is 12.2 Å². The SMILES string of the molecule is CC(C)[C@H](NC(=O)c1ccc(OCC2CCCO2)cc1)C(=O)O. The van der Waals surface area contributed by atoms with Gasteiger partial charge in [-0.3, -0.25) is 4.79 Å². The van der Waals surface area contributed by atoms with Gasteiger partial charge in [-0.25, -0.2) is 4.79 Å². The molecule has 2 atom stereocenters. The minimum absolute atomic E-state index is 0.139. The van der Waals surface area contributed by atoms with Gasteiger partial charge in [-0.1, -0.05) is 13.8 Å². The van der Waals surface area contributed by atoms with E-state index < -0.39 is 17.9 Å². The molecule has 0 spiro atoms. The first-order valence-electron chi connectivity index (χ1n) is 7.85. The Morgan fingerprint density at radius 3 is 2.57 bits per heavy atom. The maximum atomic E-state index is 12.1. The second-order valence-electron chi connectivity index (χ2n) is 6.00. The molecule has 1 aliphatic heterocycles. The quantitative estimate of drug-likeness (QED) is 0.803. The Bertz CT molecular complexity index is 534. The number of carbonyl (C=O) groups excluding carboxylic acids is 1. The highest BCUT2D eigenvalue weighted by atomic mass is 16.5. The van der Waals surface area contributed by atoms with E-state index in [1.54, 1.807) is 38.1 Å². The van der Waals surface area contributed by atoms with E-state index in [9.17, 15) is 9.59 Å². The minimum atomic E-state index is -1.04. The van der Waals surface area contributed by atoms with Crippen LogP contribution in [0.3, 0.4) is 0 Å². The van der Waals surface area contributed by atoms with Crippen LogP contribution < -0.4 is 10.1 Å². The van der Waals surface area contributed by atoms with Crippen molar-refractivity contribution in [1.29, 1.82) is 0 Å². The fraction of sp³-hybridized carbons (Fsp3) is 0.529. The van der Waals surface area contributed by atoms with Crippen molar-refractivity contribution >= 4 is 11.9 Å². The van der Waals surface area contributed by atoms with Gasteiger partial charge < -0.3 is 19.9 Å². The van der Waals surface area contributed by atoms with Crippen LogP contribution in [0.4, 0.5) is 0 Å². The number of carbonyl (C=O) groups is 2. The zero-order valence-electron chi connectivity index (χ0n) is 13.5. The third-order valence-electron chi connectivity index (χ3n) is 3.80. The molecule has 1 fully saturated rings. The molecule has 1 amide bonds. The summed E-state index contributed by atoms with van der Waals surface area (Å²) in [5.41, 5.74) is 0.404. The number of aliphatic carboxylic acids is 1. The Balaban J connectivity index is 1.90. The van der Waals surface area contributed by atoms with E-state index >= 15 is 0 Å². The van der Waals surface area contributed by atoms with E-state index in [1.165, 1.54) is 0 Å². The van der Waals surface area contributed by atoms with Crippen LogP contribution in [0.1, 0.15) is 37.0 Å². The summed E-state index contributed by atoms with van der Waals surface area (Å²) >= 11 is 0. The molecular formula is C17H23NO5. The average molecular weight is 321 g/mol. The maximum Gasteiger partial charge on any atom is 0.326 e. The zero-order valence-corrected chi connectivity index (χ0v) is 13.5. The van der Waals surface area contributed by atoms with Crippen LogP contribution in [0.2, 0.25) is 0 Å². The number of hydrogen-bond donors (Lipinski definition) is 2. The smallest absolute Gasteiger partial charge is 0.326 e. The van der Waals surface area contributed by atoms with Crippen LogP contribution >= 0.6 is 0 Å². The lowest BCUT2D eigenvalue weighted by Gasteiger charge is -2.18. The van der Waals surface area contributed by atoms with Gasteiger partial charge in [-0.15, -0.1) is 0 Å². The number of nitrogens with one attached hydrogen (secondary N) is 1. The first kappa shape index (κ1) is 17.3. The van der Waals surface area contributed by atoms with Gasteiger partial charge in [-0.2, -0.15) is 0 Å². The third kappa shape index (κ3) is 4.96. The van der Waals surface area contributed by atoms with Gasteiger partial charge in [0.25, 0.3) is 5.91 Å². The first-order chi connectivity index (χ1) is 11.0. The molecule has 1 heterocycles. The predicted octanol–water partition coefficient (Wildman–Crippen LogP) is 2.08. The number of rotatable bonds is 7. The van der Waals surface area contributed by atoms with E-state index in [2.05, 4.69) is 5.32 Å². The van der Waals surface area contributed by atoms with Crippen molar-refractivity contribution in [2.24, 2.45) is 5.92 Å². The number of amides is 1. The normalized spacial score (nSPS) is 18.7. The average Bonchev–Trinajstić information content (AvgIpc) is 3.03. The van der Waals surface area contributed by atoms with Crippen molar-refractivity contribution in [3.63, 3.8) is 0 Å². The Hall–Kier alpha value is -2.08.